The zero-order valence-corrected chi connectivity index (χ0v) is 15.0. The molecule has 0 spiro atoms. The Bertz CT molecular complexity index is 754. The van der Waals surface area contributed by atoms with Gasteiger partial charge in [-0.15, -0.1) is 11.3 Å². The predicted molar refractivity (Wildman–Crippen MR) is 89.9 cm³/mol. The molecular weight excluding hydrogens is 372 g/mol. The third-order valence-electron chi connectivity index (χ3n) is 3.11. The van der Waals surface area contributed by atoms with Crippen molar-refractivity contribution in [2.24, 2.45) is 5.73 Å². The number of rotatable bonds is 5. The summed E-state index contributed by atoms with van der Waals surface area (Å²) in [5.41, 5.74) is 7.07. The molecule has 0 aliphatic rings. The number of nitrogens with one attached hydrogen (secondary N) is 1. The second-order valence-electron chi connectivity index (χ2n) is 4.74. The Morgan fingerprint density at radius 1 is 1.29 bits per heavy atom. The lowest BCUT2D eigenvalue weighted by Crippen LogP contribution is -2.24. The molecule has 0 amide bonds. The van der Waals surface area contributed by atoms with Crippen LogP contribution >= 0.6 is 27.3 Å². The van der Waals surface area contributed by atoms with E-state index in [9.17, 15) is 8.42 Å². The van der Waals surface area contributed by atoms with Crippen molar-refractivity contribution in [1.82, 2.24) is 4.72 Å². The van der Waals surface area contributed by atoms with E-state index >= 15 is 0 Å². The SMILES string of the molecule is Cc1ccc(CNS(=O)(=O)c2cc(CN)cc(Br)c2C)s1. The second-order valence-corrected chi connectivity index (χ2v) is 8.70. The average Bonchev–Trinajstić information content (AvgIpc) is 2.85. The van der Waals surface area contributed by atoms with Crippen LogP contribution in [0.4, 0.5) is 0 Å². The van der Waals surface area contributed by atoms with Gasteiger partial charge in [0, 0.05) is 27.3 Å². The monoisotopic (exact) mass is 388 g/mol. The molecule has 1 aromatic carbocycles. The summed E-state index contributed by atoms with van der Waals surface area (Å²) in [6.07, 6.45) is 0. The lowest BCUT2D eigenvalue weighted by atomic mass is 10.1. The summed E-state index contributed by atoms with van der Waals surface area (Å²) in [6.45, 7) is 4.36. The first kappa shape index (κ1) is 16.6. The smallest absolute Gasteiger partial charge is 0.241 e. The molecule has 0 radical (unpaired) electrons. The van der Waals surface area contributed by atoms with Gasteiger partial charge in [-0.1, -0.05) is 15.9 Å². The van der Waals surface area contributed by atoms with Crippen LogP contribution in [0.1, 0.15) is 20.9 Å². The summed E-state index contributed by atoms with van der Waals surface area (Å²) >= 11 is 4.97. The van der Waals surface area contributed by atoms with Crippen molar-refractivity contribution in [3.8, 4) is 0 Å². The van der Waals surface area contributed by atoms with Crippen LogP contribution in [0.25, 0.3) is 0 Å². The Morgan fingerprint density at radius 3 is 2.57 bits per heavy atom. The highest BCUT2D eigenvalue weighted by atomic mass is 79.9. The fraction of sp³-hybridized carbons (Fsp3) is 0.286. The van der Waals surface area contributed by atoms with Crippen molar-refractivity contribution >= 4 is 37.3 Å². The standard InChI is InChI=1S/C14H17BrN2O2S2/c1-9-3-4-12(20-9)8-17-21(18,19)14-6-11(7-16)5-13(15)10(14)2/h3-6,17H,7-8,16H2,1-2H3. The van der Waals surface area contributed by atoms with Crippen molar-refractivity contribution in [3.05, 3.63) is 49.6 Å². The fourth-order valence-electron chi connectivity index (χ4n) is 1.93. The summed E-state index contributed by atoms with van der Waals surface area (Å²) in [5, 5.41) is 0. The van der Waals surface area contributed by atoms with Gasteiger partial charge in [0.15, 0.2) is 0 Å². The highest BCUT2D eigenvalue weighted by Crippen LogP contribution is 2.26. The first-order valence-electron chi connectivity index (χ1n) is 6.37. The number of benzene rings is 1. The Morgan fingerprint density at radius 2 is 2.00 bits per heavy atom. The van der Waals surface area contributed by atoms with Gasteiger partial charge in [-0.2, -0.15) is 0 Å². The van der Waals surface area contributed by atoms with Gasteiger partial charge in [-0.3, -0.25) is 0 Å². The number of hydrogen-bond acceptors (Lipinski definition) is 4. The first-order valence-corrected chi connectivity index (χ1v) is 9.47. The average molecular weight is 389 g/mol. The molecule has 1 heterocycles. The van der Waals surface area contributed by atoms with E-state index in [1.165, 1.54) is 0 Å². The van der Waals surface area contributed by atoms with Crippen LogP contribution in [-0.2, 0) is 23.1 Å². The summed E-state index contributed by atoms with van der Waals surface area (Å²) in [6, 6.07) is 7.38. The van der Waals surface area contributed by atoms with Gasteiger partial charge in [0.25, 0.3) is 0 Å². The topological polar surface area (TPSA) is 72.2 Å². The molecule has 114 valence electrons. The number of nitrogens with two attached hydrogens (primary N) is 1. The molecule has 2 aromatic rings. The molecular formula is C14H17BrN2O2S2. The molecule has 1 aromatic heterocycles. The lowest BCUT2D eigenvalue weighted by Gasteiger charge is -2.12. The fourth-order valence-corrected chi connectivity index (χ4v) is 4.81. The molecule has 0 unspecified atom stereocenters. The maximum absolute atomic E-state index is 12.5. The minimum absolute atomic E-state index is 0.269. The molecule has 0 aliphatic carbocycles. The molecule has 0 saturated heterocycles. The number of sulfonamides is 1. The summed E-state index contributed by atoms with van der Waals surface area (Å²) in [5.74, 6) is 0. The number of aryl methyl sites for hydroxylation is 1. The van der Waals surface area contributed by atoms with Crippen LogP contribution in [0.15, 0.2) is 33.6 Å². The number of halogens is 1. The van der Waals surface area contributed by atoms with E-state index in [0.717, 1.165) is 19.8 Å². The van der Waals surface area contributed by atoms with Gasteiger partial charge < -0.3 is 5.73 Å². The van der Waals surface area contributed by atoms with E-state index in [1.54, 1.807) is 24.3 Å². The maximum atomic E-state index is 12.5. The third-order valence-corrected chi connectivity index (χ3v) is 6.47. The van der Waals surface area contributed by atoms with Crippen LogP contribution in [-0.4, -0.2) is 8.42 Å². The van der Waals surface area contributed by atoms with E-state index in [0.29, 0.717) is 18.7 Å². The summed E-state index contributed by atoms with van der Waals surface area (Å²) in [7, 11) is -3.56. The predicted octanol–water partition coefficient (Wildman–Crippen LogP) is 3.06. The minimum Gasteiger partial charge on any atom is -0.326 e. The van der Waals surface area contributed by atoms with E-state index in [2.05, 4.69) is 20.7 Å². The largest absolute Gasteiger partial charge is 0.326 e. The van der Waals surface area contributed by atoms with Gasteiger partial charge in [0.05, 0.1) is 4.90 Å². The molecule has 4 nitrogen and oxygen atoms in total. The molecule has 21 heavy (non-hydrogen) atoms. The maximum Gasteiger partial charge on any atom is 0.241 e. The number of hydrogen-bond donors (Lipinski definition) is 2. The van der Waals surface area contributed by atoms with Crippen molar-refractivity contribution in [1.29, 1.82) is 0 Å². The molecule has 2 rings (SSSR count). The third kappa shape index (κ3) is 3.92. The van der Waals surface area contributed by atoms with E-state index in [-0.39, 0.29) is 4.90 Å². The molecule has 0 bridgehead atoms. The molecule has 0 atom stereocenters. The Balaban J connectivity index is 2.29. The quantitative estimate of drug-likeness (QED) is 0.826. The van der Waals surface area contributed by atoms with Crippen molar-refractivity contribution in [2.75, 3.05) is 0 Å². The van der Waals surface area contributed by atoms with Crippen molar-refractivity contribution in [2.45, 2.75) is 31.8 Å². The Labute approximate surface area is 137 Å². The van der Waals surface area contributed by atoms with Crippen LogP contribution in [0, 0.1) is 13.8 Å². The summed E-state index contributed by atoms with van der Waals surface area (Å²) < 4.78 is 28.4. The molecule has 0 aliphatic heterocycles. The first-order chi connectivity index (χ1) is 9.83. The van der Waals surface area contributed by atoms with Gasteiger partial charge >= 0.3 is 0 Å². The van der Waals surface area contributed by atoms with E-state index < -0.39 is 10.0 Å². The van der Waals surface area contributed by atoms with E-state index in [4.69, 9.17) is 5.73 Å². The highest BCUT2D eigenvalue weighted by molar-refractivity contribution is 9.10. The zero-order valence-electron chi connectivity index (χ0n) is 11.8. The van der Waals surface area contributed by atoms with Gasteiger partial charge in [-0.05, 0) is 49.2 Å². The number of thiophene rings is 1. The van der Waals surface area contributed by atoms with Crippen LogP contribution in [0.5, 0.6) is 0 Å². The van der Waals surface area contributed by atoms with Crippen LogP contribution in [0.2, 0.25) is 0 Å². The minimum atomic E-state index is -3.56. The lowest BCUT2D eigenvalue weighted by molar-refractivity contribution is 0.581. The second kappa shape index (κ2) is 6.58. The van der Waals surface area contributed by atoms with Crippen LogP contribution in [0.3, 0.4) is 0 Å². The van der Waals surface area contributed by atoms with E-state index in [1.807, 2.05) is 25.1 Å². The molecule has 0 saturated carbocycles. The van der Waals surface area contributed by atoms with Crippen molar-refractivity contribution < 1.29 is 8.42 Å². The van der Waals surface area contributed by atoms with Gasteiger partial charge in [0.2, 0.25) is 10.0 Å². The molecule has 0 fully saturated rings. The van der Waals surface area contributed by atoms with Gasteiger partial charge in [0.1, 0.15) is 0 Å². The Hall–Kier alpha value is -0.730. The summed E-state index contributed by atoms with van der Waals surface area (Å²) in [4.78, 5) is 2.42. The van der Waals surface area contributed by atoms with Crippen molar-refractivity contribution in [3.63, 3.8) is 0 Å². The zero-order chi connectivity index (χ0) is 15.6. The highest BCUT2D eigenvalue weighted by Gasteiger charge is 2.19. The normalized spacial score (nSPS) is 11.8. The van der Waals surface area contributed by atoms with Gasteiger partial charge in [-0.25, -0.2) is 13.1 Å². The van der Waals surface area contributed by atoms with Crippen LogP contribution < -0.4 is 10.5 Å². The Kier molecular flexibility index (Phi) is 5.21. The molecule has 7 heteroatoms. The molecule has 3 N–H and O–H groups in total.